The number of nitrogens with one attached hydrogen (secondary N) is 2. The van der Waals surface area contributed by atoms with Crippen LogP contribution in [0.2, 0.25) is 0 Å². The van der Waals surface area contributed by atoms with Crippen LogP contribution < -0.4 is 10.6 Å². The topological polar surface area (TPSA) is 64.1 Å². The Labute approximate surface area is 181 Å². The third kappa shape index (κ3) is 13.0. The van der Waals surface area contributed by atoms with Crippen LogP contribution in [-0.4, -0.2) is 59.1 Å². The van der Waals surface area contributed by atoms with Crippen LogP contribution in [0.15, 0.2) is 35.3 Å². The molecule has 2 N–H and O–H groups in total. The lowest BCUT2D eigenvalue weighted by Crippen LogP contribution is -2.39. The first-order valence-corrected chi connectivity index (χ1v) is 9.57. The molecular weight excluding hydrogens is 457 g/mol. The number of hydrogen-bond donors (Lipinski definition) is 2. The second-order valence-electron chi connectivity index (χ2n) is 5.86. The molecule has 1 rings (SSSR count). The molecule has 6 nitrogen and oxygen atoms in total. The highest BCUT2D eigenvalue weighted by molar-refractivity contribution is 14.0. The Morgan fingerprint density at radius 3 is 2.33 bits per heavy atom. The number of nitrogens with zero attached hydrogens (tertiary/aromatic N) is 1. The van der Waals surface area contributed by atoms with Crippen molar-refractivity contribution in [3.05, 3.63) is 35.9 Å². The predicted octanol–water partition coefficient (Wildman–Crippen LogP) is 3.38. The fourth-order valence-electron chi connectivity index (χ4n) is 2.31. The van der Waals surface area contributed by atoms with Crippen LogP contribution in [0.5, 0.6) is 0 Å². The van der Waals surface area contributed by atoms with E-state index >= 15 is 0 Å². The summed E-state index contributed by atoms with van der Waals surface area (Å²) in [5, 5.41) is 6.52. The Balaban J connectivity index is 0.00000676. The van der Waals surface area contributed by atoms with Crippen LogP contribution in [0.3, 0.4) is 0 Å². The summed E-state index contributed by atoms with van der Waals surface area (Å²) in [7, 11) is 1.71. The lowest BCUT2D eigenvalue weighted by Gasteiger charge is -2.16. The van der Waals surface area contributed by atoms with Gasteiger partial charge in [-0.25, -0.2) is 0 Å². The molecule has 1 aromatic carbocycles. The first-order chi connectivity index (χ1) is 12.8. The van der Waals surface area contributed by atoms with E-state index in [0.29, 0.717) is 32.9 Å². The van der Waals surface area contributed by atoms with Crippen molar-refractivity contribution in [3.63, 3.8) is 0 Å². The summed E-state index contributed by atoms with van der Waals surface area (Å²) in [6, 6.07) is 10.1. The molecule has 1 unspecified atom stereocenters. The van der Waals surface area contributed by atoms with Crippen LogP contribution in [-0.2, 0) is 14.2 Å². The molecule has 0 aliphatic heterocycles. The van der Waals surface area contributed by atoms with Gasteiger partial charge >= 0.3 is 0 Å². The predicted molar refractivity (Wildman–Crippen MR) is 122 cm³/mol. The van der Waals surface area contributed by atoms with Gasteiger partial charge in [0.05, 0.1) is 26.4 Å². The first-order valence-electron chi connectivity index (χ1n) is 9.57. The molecule has 0 aromatic heterocycles. The standard InChI is InChI=1S/C20H35N3O3.HI/c1-4-6-13-25-15-16-26-14-12-22-20(21-5-2)23-17-19(24-3)18-10-8-7-9-11-18;/h7-11,19H,4-6,12-17H2,1-3H3,(H2,21,22,23);1H. The number of halogens is 1. The van der Waals surface area contributed by atoms with Crippen molar-refractivity contribution >= 4 is 29.9 Å². The molecular formula is C20H36IN3O3. The average molecular weight is 493 g/mol. The summed E-state index contributed by atoms with van der Waals surface area (Å²) < 4.78 is 16.6. The molecule has 1 atom stereocenters. The van der Waals surface area contributed by atoms with Crippen molar-refractivity contribution < 1.29 is 14.2 Å². The van der Waals surface area contributed by atoms with Gasteiger partial charge in [-0.15, -0.1) is 24.0 Å². The van der Waals surface area contributed by atoms with E-state index in [2.05, 4.69) is 34.7 Å². The molecule has 0 amide bonds. The van der Waals surface area contributed by atoms with Gasteiger partial charge in [-0.2, -0.15) is 0 Å². The second kappa shape index (κ2) is 18.5. The number of guanidine groups is 1. The number of benzene rings is 1. The maximum atomic E-state index is 5.56. The minimum absolute atomic E-state index is 0. The molecule has 0 fully saturated rings. The number of rotatable bonds is 14. The van der Waals surface area contributed by atoms with Gasteiger partial charge in [-0.05, 0) is 18.9 Å². The van der Waals surface area contributed by atoms with E-state index in [-0.39, 0.29) is 30.1 Å². The van der Waals surface area contributed by atoms with Crippen molar-refractivity contribution in [2.24, 2.45) is 4.99 Å². The summed E-state index contributed by atoms with van der Waals surface area (Å²) in [4.78, 5) is 4.62. The van der Waals surface area contributed by atoms with Gasteiger partial charge in [0.15, 0.2) is 5.96 Å². The quantitative estimate of drug-likeness (QED) is 0.180. The fourth-order valence-corrected chi connectivity index (χ4v) is 2.31. The molecule has 0 saturated heterocycles. The number of hydrogen-bond acceptors (Lipinski definition) is 4. The average Bonchev–Trinajstić information content (AvgIpc) is 2.68. The van der Waals surface area contributed by atoms with E-state index in [9.17, 15) is 0 Å². The zero-order chi connectivity index (χ0) is 18.9. The summed E-state index contributed by atoms with van der Waals surface area (Å²) in [5.41, 5.74) is 1.13. The molecule has 0 aliphatic rings. The first kappa shape index (κ1) is 26.1. The van der Waals surface area contributed by atoms with E-state index in [1.54, 1.807) is 7.11 Å². The molecule has 0 bridgehead atoms. The van der Waals surface area contributed by atoms with Crippen LogP contribution >= 0.6 is 24.0 Å². The van der Waals surface area contributed by atoms with Gasteiger partial charge in [0.25, 0.3) is 0 Å². The maximum absolute atomic E-state index is 5.56. The molecule has 0 radical (unpaired) electrons. The van der Waals surface area contributed by atoms with Gasteiger partial charge in [0.1, 0.15) is 6.10 Å². The van der Waals surface area contributed by atoms with E-state index in [1.807, 2.05) is 25.1 Å². The number of methoxy groups -OCH3 is 1. The van der Waals surface area contributed by atoms with Gasteiger partial charge in [-0.1, -0.05) is 43.7 Å². The fraction of sp³-hybridized carbons (Fsp3) is 0.650. The van der Waals surface area contributed by atoms with Gasteiger partial charge in [0.2, 0.25) is 0 Å². The monoisotopic (exact) mass is 493 g/mol. The van der Waals surface area contributed by atoms with Crippen molar-refractivity contribution in [1.82, 2.24) is 10.6 Å². The van der Waals surface area contributed by atoms with Crippen LogP contribution in [0, 0.1) is 0 Å². The summed E-state index contributed by atoms with van der Waals surface area (Å²) >= 11 is 0. The molecule has 0 heterocycles. The Kier molecular flexibility index (Phi) is 17.8. The number of ether oxygens (including phenoxy) is 3. The molecule has 27 heavy (non-hydrogen) atoms. The zero-order valence-corrected chi connectivity index (χ0v) is 19.2. The molecule has 1 aromatic rings. The van der Waals surface area contributed by atoms with Gasteiger partial charge in [-0.3, -0.25) is 4.99 Å². The van der Waals surface area contributed by atoms with Crippen molar-refractivity contribution in [2.75, 3.05) is 53.2 Å². The molecule has 7 heteroatoms. The number of aliphatic imine (C=N–C) groups is 1. The highest BCUT2D eigenvalue weighted by atomic mass is 127. The summed E-state index contributed by atoms with van der Waals surface area (Å²) in [6.45, 7) is 8.98. The van der Waals surface area contributed by atoms with Crippen LogP contribution in [0.1, 0.15) is 38.4 Å². The molecule has 0 spiro atoms. The maximum Gasteiger partial charge on any atom is 0.191 e. The van der Waals surface area contributed by atoms with Crippen molar-refractivity contribution in [1.29, 1.82) is 0 Å². The Bertz CT molecular complexity index is 475. The van der Waals surface area contributed by atoms with Gasteiger partial charge < -0.3 is 24.8 Å². The van der Waals surface area contributed by atoms with Crippen molar-refractivity contribution in [3.8, 4) is 0 Å². The third-order valence-electron chi connectivity index (χ3n) is 3.77. The lowest BCUT2D eigenvalue weighted by molar-refractivity contribution is 0.0487. The second-order valence-corrected chi connectivity index (χ2v) is 5.86. The Hall–Kier alpha value is -0.900. The van der Waals surface area contributed by atoms with E-state index < -0.39 is 0 Å². The van der Waals surface area contributed by atoms with Gasteiger partial charge in [0, 0.05) is 26.8 Å². The Morgan fingerprint density at radius 2 is 1.70 bits per heavy atom. The summed E-state index contributed by atoms with van der Waals surface area (Å²) in [5.74, 6) is 0.772. The largest absolute Gasteiger partial charge is 0.379 e. The highest BCUT2D eigenvalue weighted by Gasteiger charge is 2.09. The lowest BCUT2D eigenvalue weighted by atomic mass is 10.1. The molecule has 0 aliphatic carbocycles. The SMILES string of the molecule is CCCCOCCOCCNC(=NCC(OC)c1ccccc1)NCC.I. The third-order valence-corrected chi connectivity index (χ3v) is 3.77. The highest BCUT2D eigenvalue weighted by Crippen LogP contribution is 2.16. The normalized spacial score (nSPS) is 12.3. The Morgan fingerprint density at radius 1 is 1.00 bits per heavy atom. The minimum atomic E-state index is -0.0526. The van der Waals surface area contributed by atoms with E-state index in [4.69, 9.17) is 14.2 Å². The summed E-state index contributed by atoms with van der Waals surface area (Å²) in [6.07, 6.45) is 2.21. The minimum Gasteiger partial charge on any atom is -0.379 e. The van der Waals surface area contributed by atoms with Crippen molar-refractivity contribution in [2.45, 2.75) is 32.8 Å². The zero-order valence-electron chi connectivity index (χ0n) is 16.9. The molecule has 156 valence electrons. The smallest absolute Gasteiger partial charge is 0.191 e. The molecule has 0 saturated carbocycles. The number of unbranched alkanes of at least 4 members (excludes halogenated alkanes) is 1. The van der Waals surface area contributed by atoms with Crippen LogP contribution in [0.4, 0.5) is 0 Å². The van der Waals surface area contributed by atoms with E-state index in [1.165, 1.54) is 0 Å². The van der Waals surface area contributed by atoms with E-state index in [0.717, 1.165) is 37.5 Å². The van der Waals surface area contributed by atoms with Crippen LogP contribution in [0.25, 0.3) is 0 Å².